The predicted octanol–water partition coefficient (Wildman–Crippen LogP) is 5.32. The molecule has 22 heavy (non-hydrogen) atoms. The van der Waals surface area contributed by atoms with Crippen molar-refractivity contribution in [3.05, 3.63) is 65.7 Å². The van der Waals surface area contributed by atoms with Crippen LogP contribution in [0, 0.1) is 5.41 Å². The Bertz CT molecular complexity index is 724. The summed E-state index contributed by atoms with van der Waals surface area (Å²) in [7, 11) is 0. The third-order valence-corrected chi connectivity index (χ3v) is 5.01. The Morgan fingerprint density at radius 3 is 2.14 bits per heavy atom. The molecule has 0 aromatic heterocycles. The van der Waals surface area contributed by atoms with Crippen LogP contribution in [0.25, 0.3) is 11.1 Å². The molecule has 112 valence electrons. The van der Waals surface area contributed by atoms with E-state index in [2.05, 4.69) is 30.5 Å². The van der Waals surface area contributed by atoms with E-state index in [1.807, 2.05) is 44.2 Å². The summed E-state index contributed by atoms with van der Waals surface area (Å²) in [5.74, 6) is 0.252. The van der Waals surface area contributed by atoms with Crippen molar-refractivity contribution >= 4 is 28.7 Å². The van der Waals surface area contributed by atoms with Gasteiger partial charge >= 0.3 is 0 Å². The van der Waals surface area contributed by atoms with E-state index < -0.39 is 0 Å². The molecule has 0 heterocycles. The van der Waals surface area contributed by atoms with E-state index in [1.165, 1.54) is 10.5 Å². The number of rotatable bonds is 3. The molecule has 0 atom stereocenters. The SMILES string of the molecule is CSc1ccc(C2=C(c3ccccc3)C(=O)C(C)(C)C2)cc1. The molecule has 0 saturated heterocycles. The molecule has 0 unspecified atom stereocenters. The molecular formula is C20H20OS. The lowest BCUT2D eigenvalue weighted by Crippen LogP contribution is -2.19. The molecular weight excluding hydrogens is 288 g/mol. The zero-order valence-corrected chi connectivity index (χ0v) is 14.0. The largest absolute Gasteiger partial charge is 0.294 e. The monoisotopic (exact) mass is 308 g/mol. The molecule has 0 spiro atoms. The highest BCUT2D eigenvalue weighted by Crippen LogP contribution is 2.47. The second-order valence-corrected chi connectivity index (χ2v) is 7.22. The average Bonchev–Trinajstić information content (AvgIpc) is 2.79. The molecule has 1 nitrogen and oxygen atoms in total. The lowest BCUT2D eigenvalue weighted by Gasteiger charge is -2.15. The average molecular weight is 308 g/mol. The Labute approximate surface area is 136 Å². The van der Waals surface area contributed by atoms with Gasteiger partial charge in [0.1, 0.15) is 0 Å². The van der Waals surface area contributed by atoms with E-state index in [1.54, 1.807) is 11.8 Å². The highest BCUT2D eigenvalue weighted by molar-refractivity contribution is 7.98. The van der Waals surface area contributed by atoms with Crippen LogP contribution in [0.1, 0.15) is 31.4 Å². The number of thioether (sulfide) groups is 1. The van der Waals surface area contributed by atoms with Crippen molar-refractivity contribution in [2.45, 2.75) is 25.2 Å². The van der Waals surface area contributed by atoms with Crippen molar-refractivity contribution in [3.63, 3.8) is 0 Å². The predicted molar refractivity (Wildman–Crippen MR) is 94.9 cm³/mol. The fraction of sp³-hybridized carbons (Fsp3) is 0.250. The van der Waals surface area contributed by atoms with Crippen LogP contribution in [0.2, 0.25) is 0 Å². The van der Waals surface area contributed by atoms with Gasteiger partial charge in [0.15, 0.2) is 5.78 Å². The molecule has 2 heteroatoms. The van der Waals surface area contributed by atoms with E-state index in [9.17, 15) is 4.79 Å². The summed E-state index contributed by atoms with van der Waals surface area (Å²) in [5.41, 5.74) is 3.94. The van der Waals surface area contributed by atoms with Gasteiger partial charge in [-0.15, -0.1) is 11.8 Å². The Kier molecular flexibility index (Phi) is 3.96. The van der Waals surface area contributed by atoms with Crippen LogP contribution in [-0.2, 0) is 4.79 Å². The smallest absolute Gasteiger partial charge is 0.169 e. The Morgan fingerprint density at radius 2 is 1.55 bits per heavy atom. The lowest BCUT2D eigenvalue weighted by atomic mass is 9.86. The third-order valence-electron chi connectivity index (χ3n) is 4.26. The summed E-state index contributed by atoms with van der Waals surface area (Å²) in [6.07, 6.45) is 2.88. The molecule has 0 radical (unpaired) electrons. The Hall–Kier alpha value is -1.80. The minimum atomic E-state index is -0.321. The number of hydrogen-bond acceptors (Lipinski definition) is 2. The first-order valence-electron chi connectivity index (χ1n) is 7.51. The van der Waals surface area contributed by atoms with Gasteiger partial charge in [0.2, 0.25) is 0 Å². The van der Waals surface area contributed by atoms with Crippen LogP contribution in [-0.4, -0.2) is 12.0 Å². The van der Waals surface area contributed by atoms with Crippen molar-refractivity contribution in [2.75, 3.05) is 6.26 Å². The van der Waals surface area contributed by atoms with Gasteiger partial charge in [0.05, 0.1) is 0 Å². The van der Waals surface area contributed by atoms with Crippen LogP contribution in [0.3, 0.4) is 0 Å². The number of benzene rings is 2. The Morgan fingerprint density at radius 1 is 0.909 bits per heavy atom. The molecule has 0 N–H and O–H groups in total. The third kappa shape index (κ3) is 2.64. The van der Waals surface area contributed by atoms with Crippen LogP contribution in [0.15, 0.2) is 59.5 Å². The number of carbonyl (C=O) groups excluding carboxylic acids is 1. The number of hydrogen-bond donors (Lipinski definition) is 0. The minimum Gasteiger partial charge on any atom is -0.294 e. The van der Waals surface area contributed by atoms with Gasteiger partial charge in [0.25, 0.3) is 0 Å². The maximum Gasteiger partial charge on any atom is 0.169 e. The second-order valence-electron chi connectivity index (χ2n) is 6.34. The van der Waals surface area contributed by atoms with Gasteiger partial charge in [-0.25, -0.2) is 0 Å². The summed E-state index contributed by atoms with van der Waals surface area (Å²) in [4.78, 5) is 14.1. The summed E-state index contributed by atoms with van der Waals surface area (Å²) in [5, 5.41) is 0. The van der Waals surface area contributed by atoms with Gasteiger partial charge < -0.3 is 0 Å². The highest BCUT2D eigenvalue weighted by atomic mass is 32.2. The molecule has 2 aromatic rings. The van der Waals surface area contributed by atoms with Gasteiger partial charge in [0, 0.05) is 15.9 Å². The second kappa shape index (κ2) is 5.77. The van der Waals surface area contributed by atoms with E-state index in [-0.39, 0.29) is 11.2 Å². The van der Waals surface area contributed by atoms with E-state index in [0.29, 0.717) is 0 Å². The molecule has 0 aliphatic heterocycles. The van der Waals surface area contributed by atoms with Crippen LogP contribution >= 0.6 is 11.8 Å². The molecule has 3 rings (SSSR count). The topological polar surface area (TPSA) is 17.1 Å². The van der Waals surface area contributed by atoms with Crippen LogP contribution in [0.5, 0.6) is 0 Å². The van der Waals surface area contributed by atoms with E-state index in [4.69, 9.17) is 0 Å². The van der Waals surface area contributed by atoms with Crippen molar-refractivity contribution in [3.8, 4) is 0 Å². The summed E-state index contributed by atoms with van der Waals surface area (Å²) < 4.78 is 0. The fourth-order valence-electron chi connectivity index (χ4n) is 3.03. The first-order valence-corrected chi connectivity index (χ1v) is 8.73. The number of Topliss-reactive ketones (excluding diaryl/α,β-unsaturated/α-hetero) is 1. The van der Waals surface area contributed by atoms with E-state index >= 15 is 0 Å². The van der Waals surface area contributed by atoms with Gasteiger partial charge in [-0.3, -0.25) is 4.79 Å². The zero-order valence-electron chi connectivity index (χ0n) is 13.2. The van der Waals surface area contributed by atoms with E-state index in [0.717, 1.165) is 23.1 Å². The lowest BCUT2D eigenvalue weighted by molar-refractivity contribution is -0.120. The van der Waals surface area contributed by atoms with Crippen LogP contribution < -0.4 is 0 Å². The Balaban J connectivity index is 2.14. The summed E-state index contributed by atoms with van der Waals surface area (Å²) >= 11 is 1.73. The minimum absolute atomic E-state index is 0.252. The maximum atomic E-state index is 12.9. The van der Waals surface area contributed by atoms with Crippen molar-refractivity contribution in [1.29, 1.82) is 0 Å². The quantitative estimate of drug-likeness (QED) is 0.714. The summed E-state index contributed by atoms with van der Waals surface area (Å²) in [6.45, 7) is 4.09. The maximum absolute atomic E-state index is 12.9. The molecule has 0 fully saturated rings. The van der Waals surface area contributed by atoms with Gasteiger partial charge in [-0.1, -0.05) is 56.3 Å². The molecule has 2 aromatic carbocycles. The highest BCUT2D eigenvalue weighted by Gasteiger charge is 2.40. The molecule has 0 amide bonds. The van der Waals surface area contributed by atoms with Gasteiger partial charge in [-0.05, 0) is 41.5 Å². The fourth-order valence-corrected chi connectivity index (χ4v) is 3.44. The van der Waals surface area contributed by atoms with Crippen molar-refractivity contribution in [1.82, 2.24) is 0 Å². The number of allylic oxidation sites excluding steroid dienone is 2. The molecule has 0 bridgehead atoms. The first kappa shape index (κ1) is 15.1. The zero-order chi connectivity index (χ0) is 15.7. The van der Waals surface area contributed by atoms with Crippen molar-refractivity contribution in [2.24, 2.45) is 5.41 Å². The number of carbonyl (C=O) groups is 1. The molecule has 0 saturated carbocycles. The normalized spacial score (nSPS) is 17.1. The molecule has 1 aliphatic carbocycles. The standard InChI is InChI=1S/C20H20OS/c1-20(2)13-17(14-9-11-16(22-3)12-10-14)18(19(20)21)15-7-5-4-6-8-15/h4-12H,13H2,1-3H3. The van der Waals surface area contributed by atoms with Crippen LogP contribution in [0.4, 0.5) is 0 Å². The summed E-state index contributed by atoms with van der Waals surface area (Å²) in [6, 6.07) is 18.6. The number of ketones is 1. The van der Waals surface area contributed by atoms with Crippen molar-refractivity contribution < 1.29 is 4.79 Å². The molecule has 1 aliphatic rings. The first-order chi connectivity index (χ1) is 10.5. The van der Waals surface area contributed by atoms with Gasteiger partial charge in [-0.2, -0.15) is 0 Å².